The normalized spacial score (nSPS) is 18.5. The van der Waals surface area contributed by atoms with E-state index in [1.165, 1.54) is 5.56 Å². The van der Waals surface area contributed by atoms with E-state index in [-0.39, 0.29) is 5.56 Å². The van der Waals surface area contributed by atoms with E-state index in [4.69, 9.17) is 0 Å². The maximum absolute atomic E-state index is 12.4. The lowest BCUT2D eigenvalue weighted by Gasteiger charge is -2.15. The number of hydrogen-bond donors (Lipinski definition) is 1. The Morgan fingerprint density at radius 3 is 2.88 bits per heavy atom. The maximum Gasteiger partial charge on any atom is 0.275 e. The Hall–Kier alpha value is -2.47. The number of rotatable bonds is 3. The molecule has 6 heteroatoms. The van der Waals surface area contributed by atoms with Crippen molar-refractivity contribution in [2.75, 3.05) is 13.1 Å². The Labute approximate surface area is 140 Å². The first-order chi connectivity index (χ1) is 11.6. The highest BCUT2D eigenvalue weighted by molar-refractivity contribution is 5.42. The largest absolute Gasteiger partial charge is 0.298 e. The van der Waals surface area contributed by atoms with Crippen LogP contribution in [0, 0.1) is 13.8 Å². The van der Waals surface area contributed by atoms with Crippen molar-refractivity contribution in [2.45, 2.75) is 32.7 Å². The average molecular weight is 323 g/mol. The van der Waals surface area contributed by atoms with Crippen molar-refractivity contribution in [3.05, 3.63) is 63.5 Å². The summed E-state index contributed by atoms with van der Waals surface area (Å²) in [6.07, 6.45) is 4.76. The van der Waals surface area contributed by atoms with Crippen LogP contribution in [0.4, 0.5) is 0 Å². The minimum absolute atomic E-state index is 0.00427. The van der Waals surface area contributed by atoms with Crippen LogP contribution in [0.25, 0.3) is 5.65 Å². The lowest BCUT2D eigenvalue weighted by Crippen LogP contribution is -2.20. The number of fused-ring (bicyclic) bond motifs is 1. The number of aromatic nitrogens is 4. The van der Waals surface area contributed by atoms with E-state index in [9.17, 15) is 4.79 Å². The highest BCUT2D eigenvalue weighted by Gasteiger charge is 2.25. The van der Waals surface area contributed by atoms with Crippen LogP contribution in [0.15, 0.2) is 35.4 Å². The van der Waals surface area contributed by atoms with Gasteiger partial charge in [0.05, 0.1) is 0 Å². The summed E-state index contributed by atoms with van der Waals surface area (Å²) in [4.78, 5) is 23.4. The van der Waals surface area contributed by atoms with Crippen LogP contribution >= 0.6 is 0 Å². The topological polar surface area (TPSA) is 66.3 Å². The minimum Gasteiger partial charge on any atom is -0.298 e. The van der Waals surface area contributed by atoms with Gasteiger partial charge in [-0.15, -0.1) is 0 Å². The summed E-state index contributed by atoms with van der Waals surface area (Å²) in [5, 5.41) is 3.26. The fraction of sp³-hybridized carbons (Fsp3) is 0.389. The third kappa shape index (κ3) is 2.63. The van der Waals surface area contributed by atoms with Crippen molar-refractivity contribution in [3.63, 3.8) is 0 Å². The molecule has 1 aliphatic rings. The molecule has 0 aliphatic carbocycles. The predicted molar refractivity (Wildman–Crippen MR) is 92.2 cm³/mol. The Kier molecular flexibility index (Phi) is 3.69. The summed E-state index contributed by atoms with van der Waals surface area (Å²) in [6, 6.07) is 6.14. The second kappa shape index (κ2) is 5.87. The molecule has 1 aliphatic heterocycles. The van der Waals surface area contributed by atoms with E-state index in [0.29, 0.717) is 17.1 Å². The number of nitrogens with one attached hydrogen (secondary N) is 1. The minimum atomic E-state index is -0.00427. The van der Waals surface area contributed by atoms with Crippen LogP contribution in [0.1, 0.15) is 34.9 Å². The van der Waals surface area contributed by atoms with Crippen molar-refractivity contribution in [2.24, 2.45) is 0 Å². The smallest absolute Gasteiger partial charge is 0.275 e. The standard InChI is InChI=1S/C18H21N5O/c1-12-13(2)20-17-9-16(21-23(17)18(12)24)15-5-8-22(11-15)10-14-3-6-19-7-4-14/h3-4,6-7,9,15,21H,5,8,10-11H2,1-2H3. The molecule has 0 radical (unpaired) electrons. The molecule has 0 saturated carbocycles. The van der Waals surface area contributed by atoms with Gasteiger partial charge in [0, 0.05) is 54.4 Å². The molecule has 4 rings (SSSR count). The number of aryl methyl sites for hydroxylation is 1. The van der Waals surface area contributed by atoms with Gasteiger partial charge in [0.15, 0.2) is 5.65 Å². The molecule has 1 N–H and O–H groups in total. The van der Waals surface area contributed by atoms with Crippen LogP contribution in [-0.4, -0.2) is 37.6 Å². The van der Waals surface area contributed by atoms with Gasteiger partial charge in [-0.1, -0.05) is 0 Å². The first-order valence-electron chi connectivity index (χ1n) is 8.32. The molecule has 0 amide bonds. The number of hydrogen-bond acceptors (Lipinski definition) is 4. The molecular formula is C18H21N5O. The molecule has 1 saturated heterocycles. The van der Waals surface area contributed by atoms with Crippen LogP contribution < -0.4 is 5.56 Å². The highest BCUT2D eigenvalue weighted by atomic mass is 16.1. The lowest BCUT2D eigenvalue weighted by atomic mass is 10.1. The highest BCUT2D eigenvalue weighted by Crippen LogP contribution is 2.27. The summed E-state index contributed by atoms with van der Waals surface area (Å²) in [5.74, 6) is 0.411. The van der Waals surface area contributed by atoms with Gasteiger partial charge in [0.2, 0.25) is 0 Å². The zero-order chi connectivity index (χ0) is 16.7. The quantitative estimate of drug-likeness (QED) is 0.801. The molecule has 3 aromatic heterocycles. The summed E-state index contributed by atoms with van der Waals surface area (Å²) >= 11 is 0. The molecule has 3 aromatic rings. The number of H-pyrrole nitrogens is 1. The fourth-order valence-corrected chi connectivity index (χ4v) is 3.42. The van der Waals surface area contributed by atoms with Crippen molar-refractivity contribution >= 4 is 5.65 Å². The lowest BCUT2D eigenvalue weighted by molar-refractivity contribution is 0.326. The maximum atomic E-state index is 12.4. The van der Waals surface area contributed by atoms with Crippen molar-refractivity contribution in [1.82, 2.24) is 24.5 Å². The third-order valence-corrected chi connectivity index (χ3v) is 4.97. The predicted octanol–water partition coefficient (Wildman–Crippen LogP) is 2.02. The second-order valence-corrected chi connectivity index (χ2v) is 6.61. The molecule has 6 nitrogen and oxygen atoms in total. The van der Waals surface area contributed by atoms with Crippen molar-refractivity contribution in [1.29, 1.82) is 0 Å². The first-order valence-corrected chi connectivity index (χ1v) is 8.32. The van der Waals surface area contributed by atoms with Gasteiger partial charge in [0.25, 0.3) is 5.56 Å². The zero-order valence-electron chi connectivity index (χ0n) is 14.0. The fourth-order valence-electron chi connectivity index (χ4n) is 3.42. The van der Waals surface area contributed by atoms with Crippen molar-refractivity contribution < 1.29 is 0 Å². The van der Waals surface area contributed by atoms with Crippen LogP contribution in [-0.2, 0) is 6.54 Å². The van der Waals surface area contributed by atoms with Gasteiger partial charge in [-0.2, -0.15) is 0 Å². The molecule has 124 valence electrons. The summed E-state index contributed by atoms with van der Waals surface area (Å²) < 4.78 is 1.57. The molecular weight excluding hydrogens is 302 g/mol. The Balaban J connectivity index is 1.56. The van der Waals surface area contributed by atoms with E-state index in [2.05, 4.69) is 32.1 Å². The van der Waals surface area contributed by atoms with Gasteiger partial charge in [-0.25, -0.2) is 9.50 Å². The number of likely N-dealkylation sites (tertiary alicyclic amines) is 1. The molecule has 1 atom stereocenters. The van der Waals surface area contributed by atoms with Gasteiger partial charge in [-0.3, -0.25) is 19.8 Å². The molecule has 0 aromatic carbocycles. The molecule has 1 fully saturated rings. The van der Waals surface area contributed by atoms with E-state index in [0.717, 1.165) is 37.4 Å². The third-order valence-electron chi connectivity index (χ3n) is 4.97. The summed E-state index contributed by atoms with van der Waals surface area (Å²) in [5.41, 5.74) is 4.59. The van der Waals surface area contributed by atoms with Crippen LogP contribution in [0.3, 0.4) is 0 Å². The van der Waals surface area contributed by atoms with E-state index in [1.807, 2.05) is 32.3 Å². The molecule has 1 unspecified atom stereocenters. The van der Waals surface area contributed by atoms with E-state index >= 15 is 0 Å². The zero-order valence-corrected chi connectivity index (χ0v) is 14.0. The SMILES string of the molecule is Cc1nc2cc(C3CCN(Cc4ccncc4)C3)[nH]n2c(=O)c1C. The van der Waals surface area contributed by atoms with Gasteiger partial charge >= 0.3 is 0 Å². The number of pyridine rings is 1. The number of nitrogens with zero attached hydrogens (tertiary/aromatic N) is 4. The monoisotopic (exact) mass is 323 g/mol. The number of aromatic amines is 1. The summed E-state index contributed by atoms with van der Waals surface area (Å²) in [6.45, 7) is 6.69. The average Bonchev–Trinajstić information content (AvgIpc) is 3.20. The van der Waals surface area contributed by atoms with Crippen LogP contribution in [0.2, 0.25) is 0 Å². The molecule has 0 spiro atoms. The van der Waals surface area contributed by atoms with Crippen molar-refractivity contribution in [3.8, 4) is 0 Å². The first kappa shape index (κ1) is 15.1. The Bertz CT molecular complexity index is 928. The van der Waals surface area contributed by atoms with Gasteiger partial charge in [-0.05, 0) is 44.5 Å². The second-order valence-electron chi connectivity index (χ2n) is 6.61. The molecule has 0 bridgehead atoms. The van der Waals surface area contributed by atoms with Crippen LogP contribution in [0.5, 0.6) is 0 Å². The Morgan fingerprint density at radius 1 is 1.29 bits per heavy atom. The van der Waals surface area contributed by atoms with E-state index in [1.54, 1.807) is 4.52 Å². The molecule has 24 heavy (non-hydrogen) atoms. The van der Waals surface area contributed by atoms with Gasteiger partial charge < -0.3 is 0 Å². The summed E-state index contributed by atoms with van der Waals surface area (Å²) in [7, 11) is 0. The van der Waals surface area contributed by atoms with Gasteiger partial charge in [0.1, 0.15) is 0 Å². The Morgan fingerprint density at radius 2 is 2.08 bits per heavy atom. The molecule has 4 heterocycles. The van der Waals surface area contributed by atoms with E-state index < -0.39 is 0 Å².